The third-order valence-corrected chi connectivity index (χ3v) is 2.06. The predicted molar refractivity (Wildman–Crippen MR) is 60.1 cm³/mol. The molecule has 1 rings (SSSR count). The van der Waals surface area contributed by atoms with Crippen molar-refractivity contribution in [2.24, 2.45) is 0 Å². The summed E-state index contributed by atoms with van der Waals surface area (Å²) in [6, 6.07) is 0.283. The van der Waals surface area contributed by atoms with Gasteiger partial charge in [-0.05, 0) is 0 Å². The zero-order valence-corrected chi connectivity index (χ0v) is 11.4. The van der Waals surface area contributed by atoms with E-state index in [4.69, 9.17) is 0 Å². The standard InChI is InChI=1S/C9H3F9N2O.C2H6/c10-4-1-3(2-5(11)20-4)19-6(21)7(12,13)8(14,15)9(16,17)18;1-2/h1-2H,(H,19,20,21);1-2H3. The van der Waals surface area contributed by atoms with Crippen LogP contribution in [-0.4, -0.2) is 28.9 Å². The fourth-order valence-electron chi connectivity index (χ4n) is 1.07. The molecule has 1 aromatic heterocycles. The molecule has 132 valence electrons. The molecule has 0 aromatic carbocycles. The first kappa shape index (κ1) is 21.0. The van der Waals surface area contributed by atoms with Crippen LogP contribution in [0.4, 0.5) is 45.2 Å². The molecule has 1 amide bonds. The molecule has 0 aliphatic heterocycles. The van der Waals surface area contributed by atoms with Crippen LogP contribution >= 0.6 is 0 Å². The van der Waals surface area contributed by atoms with Gasteiger partial charge in [0.15, 0.2) is 0 Å². The molecular weight excluding hydrogens is 347 g/mol. The van der Waals surface area contributed by atoms with Crippen LogP contribution in [0.3, 0.4) is 0 Å². The average Bonchev–Trinajstić information content (AvgIpc) is 2.38. The van der Waals surface area contributed by atoms with Crippen LogP contribution in [-0.2, 0) is 4.79 Å². The minimum Gasteiger partial charge on any atom is -0.320 e. The van der Waals surface area contributed by atoms with Crippen molar-refractivity contribution < 1.29 is 44.3 Å². The molecule has 0 atom stereocenters. The SMILES string of the molecule is CC.O=C(Nc1cc(F)nc(F)c1)C(F)(F)C(F)(F)C(F)(F)F. The summed E-state index contributed by atoms with van der Waals surface area (Å²) in [6.07, 6.45) is -6.71. The Morgan fingerprint density at radius 1 is 0.957 bits per heavy atom. The lowest BCUT2D eigenvalue weighted by Gasteiger charge is -2.27. The molecule has 1 N–H and O–H groups in total. The number of hydrogen-bond donors (Lipinski definition) is 1. The van der Waals surface area contributed by atoms with E-state index in [2.05, 4.69) is 4.98 Å². The summed E-state index contributed by atoms with van der Waals surface area (Å²) >= 11 is 0. The number of nitrogens with zero attached hydrogens (tertiary/aromatic N) is 1. The van der Waals surface area contributed by atoms with E-state index in [1.807, 2.05) is 13.8 Å². The number of aromatic nitrogens is 1. The van der Waals surface area contributed by atoms with Crippen molar-refractivity contribution in [3.05, 3.63) is 24.0 Å². The van der Waals surface area contributed by atoms with Crippen LogP contribution in [0, 0.1) is 11.9 Å². The van der Waals surface area contributed by atoms with Crippen molar-refractivity contribution in [1.29, 1.82) is 0 Å². The molecule has 0 saturated heterocycles. The summed E-state index contributed by atoms with van der Waals surface area (Å²) in [6.45, 7) is 4.00. The maximum Gasteiger partial charge on any atom is 0.460 e. The van der Waals surface area contributed by atoms with Crippen molar-refractivity contribution in [3.8, 4) is 0 Å². The maximum atomic E-state index is 12.9. The topological polar surface area (TPSA) is 42.0 Å². The number of pyridine rings is 1. The maximum absolute atomic E-state index is 12.9. The molecule has 0 aliphatic carbocycles. The van der Waals surface area contributed by atoms with Crippen molar-refractivity contribution in [1.82, 2.24) is 4.98 Å². The second-order valence-corrected chi connectivity index (χ2v) is 3.60. The number of hydrogen-bond acceptors (Lipinski definition) is 2. The highest BCUT2D eigenvalue weighted by Crippen LogP contribution is 2.46. The number of amides is 1. The van der Waals surface area contributed by atoms with Crippen LogP contribution in [0.2, 0.25) is 0 Å². The number of alkyl halides is 7. The minimum atomic E-state index is -6.71. The fraction of sp³-hybridized carbons (Fsp3) is 0.455. The number of halogens is 9. The molecule has 1 aromatic rings. The van der Waals surface area contributed by atoms with E-state index in [1.165, 1.54) is 0 Å². The van der Waals surface area contributed by atoms with Crippen LogP contribution in [0.1, 0.15) is 13.8 Å². The van der Waals surface area contributed by atoms with Gasteiger partial charge in [0.25, 0.3) is 0 Å². The predicted octanol–water partition coefficient (Wildman–Crippen LogP) is 4.16. The smallest absolute Gasteiger partial charge is 0.320 e. The number of rotatable bonds is 3. The van der Waals surface area contributed by atoms with Gasteiger partial charge in [-0.25, -0.2) is 0 Å². The Kier molecular flexibility index (Phi) is 6.43. The summed E-state index contributed by atoms with van der Waals surface area (Å²) < 4.78 is 111. The molecule has 12 heteroatoms. The van der Waals surface area contributed by atoms with Gasteiger partial charge in [-0.1, -0.05) is 13.8 Å². The van der Waals surface area contributed by atoms with Crippen LogP contribution < -0.4 is 5.32 Å². The summed E-state index contributed by atoms with van der Waals surface area (Å²) in [7, 11) is 0. The first-order valence-electron chi connectivity index (χ1n) is 5.76. The molecule has 0 radical (unpaired) electrons. The third-order valence-electron chi connectivity index (χ3n) is 2.06. The van der Waals surface area contributed by atoms with E-state index < -0.39 is 41.5 Å². The zero-order chi connectivity index (χ0) is 18.6. The fourth-order valence-corrected chi connectivity index (χ4v) is 1.07. The molecule has 3 nitrogen and oxygen atoms in total. The lowest BCUT2D eigenvalue weighted by atomic mass is 10.1. The summed E-state index contributed by atoms with van der Waals surface area (Å²) in [5, 5.41) is 0.853. The second-order valence-electron chi connectivity index (χ2n) is 3.60. The third kappa shape index (κ3) is 4.48. The van der Waals surface area contributed by atoms with E-state index >= 15 is 0 Å². The molecule has 0 bridgehead atoms. The van der Waals surface area contributed by atoms with Gasteiger partial charge in [-0.15, -0.1) is 0 Å². The van der Waals surface area contributed by atoms with Crippen molar-refractivity contribution >= 4 is 11.6 Å². The van der Waals surface area contributed by atoms with Crippen molar-refractivity contribution in [2.75, 3.05) is 5.32 Å². The molecule has 1 heterocycles. The van der Waals surface area contributed by atoms with Gasteiger partial charge < -0.3 is 5.32 Å². The van der Waals surface area contributed by atoms with Gasteiger partial charge in [-0.3, -0.25) is 4.79 Å². The van der Waals surface area contributed by atoms with E-state index in [1.54, 1.807) is 0 Å². The minimum absolute atomic E-state index is 0.142. The molecular formula is C11H9F9N2O. The highest BCUT2D eigenvalue weighted by atomic mass is 19.4. The van der Waals surface area contributed by atoms with Gasteiger partial charge in [0.05, 0.1) is 0 Å². The highest BCUT2D eigenvalue weighted by Gasteiger charge is 2.76. The molecule has 0 saturated carbocycles. The first-order chi connectivity index (χ1) is 10.3. The molecule has 23 heavy (non-hydrogen) atoms. The number of nitrogens with one attached hydrogen (secondary N) is 1. The summed E-state index contributed by atoms with van der Waals surface area (Å²) in [5.41, 5.74) is -1.11. The molecule has 0 fully saturated rings. The second kappa shape index (κ2) is 7.04. The van der Waals surface area contributed by atoms with E-state index in [0.29, 0.717) is 0 Å². The number of carbonyl (C=O) groups excluding carboxylic acids is 1. The van der Waals surface area contributed by atoms with E-state index in [9.17, 15) is 44.3 Å². The quantitative estimate of drug-likeness (QED) is 0.653. The van der Waals surface area contributed by atoms with Gasteiger partial charge >= 0.3 is 23.9 Å². The van der Waals surface area contributed by atoms with Gasteiger partial charge in [-0.2, -0.15) is 44.5 Å². The van der Waals surface area contributed by atoms with Crippen molar-refractivity contribution in [2.45, 2.75) is 31.9 Å². The Hall–Kier alpha value is -2.01. The first-order valence-corrected chi connectivity index (χ1v) is 5.76. The van der Waals surface area contributed by atoms with E-state index in [0.717, 1.165) is 5.32 Å². The van der Waals surface area contributed by atoms with E-state index in [-0.39, 0.29) is 12.1 Å². The summed E-state index contributed by atoms with van der Waals surface area (Å²) in [4.78, 5) is 13.3. The zero-order valence-electron chi connectivity index (χ0n) is 11.4. The van der Waals surface area contributed by atoms with Gasteiger partial charge in [0.1, 0.15) is 0 Å². The van der Waals surface area contributed by atoms with Gasteiger partial charge in [0, 0.05) is 17.8 Å². The van der Waals surface area contributed by atoms with Crippen LogP contribution in [0.25, 0.3) is 0 Å². The number of carbonyl (C=O) groups is 1. The Labute approximate surface area is 123 Å². The molecule has 0 spiro atoms. The Balaban J connectivity index is 0.00000232. The lowest BCUT2D eigenvalue weighted by Crippen LogP contribution is -2.57. The molecule has 0 aliphatic rings. The normalized spacial score (nSPS) is 12.3. The van der Waals surface area contributed by atoms with Gasteiger partial charge in [0.2, 0.25) is 11.9 Å². The Bertz CT molecular complexity index is 537. The lowest BCUT2D eigenvalue weighted by molar-refractivity contribution is -0.343. The largest absolute Gasteiger partial charge is 0.460 e. The van der Waals surface area contributed by atoms with Crippen molar-refractivity contribution in [3.63, 3.8) is 0 Å². The van der Waals surface area contributed by atoms with Crippen LogP contribution in [0.5, 0.6) is 0 Å². The monoisotopic (exact) mass is 356 g/mol. The highest BCUT2D eigenvalue weighted by molar-refractivity contribution is 5.96. The van der Waals surface area contributed by atoms with Crippen LogP contribution in [0.15, 0.2) is 12.1 Å². The average molecular weight is 356 g/mol. The number of anilines is 1. The Morgan fingerprint density at radius 3 is 1.70 bits per heavy atom. The Morgan fingerprint density at radius 2 is 1.35 bits per heavy atom. The summed E-state index contributed by atoms with van der Waals surface area (Å²) in [5.74, 6) is -19.2. The molecule has 0 unspecified atom stereocenters.